The van der Waals surface area contributed by atoms with E-state index < -0.39 is 24.3 Å². The molecule has 4 rings (SSSR count). The number of anilines is 1. The lowest BCUT2D eigenvalue weighted by molar-refractivity contribution is -0.119. The van der Waals surface area contributed by atoms with Crippen LogP contribution in [0.15, 0.2) is 60.0 Å². The predicted octanol–water partition coefficient (Wildman–Crippen LogP) is 4.46. The second-order valence-electron chi connectivity index (χ2n) is 6.56. The molecule has 4 aromatic rings. The fraction of sp³-hybridized carbons (Fsp3) is 0.0455. The molecule has 11 heteroatoms. The number of aromatic nitrogens is 3. The first-order chi connectivity index (χ1) is 15.9. The maximum Gasteiger partial charge on any atom is 0.378 e. The molecule has 0 spiro atoms. The third-order valence-electron chi connectivity index (χ3n) is 4.31. The van der Waals surface area contributed by atoms with Crippen LogP contribution < -0.4 is 5.32 Å². The molecule has 2 heterocycles. The van der Waals surface area contributed by atoms with Crippen molar-refractivity contribution in [2.24, 2.45) is 0 Å². The molecule has 33 heavy (non-hydrogen) atoms. The predicted molar refractivity (Wildman–Crippen MR) is 120 cm³/mol. The third kappa shape index (κ3) is 5.06. The molecule has 0 aliphatic rings. The van der Waals surface area contributed by atoms with Crippen molar-refractivity contribution in [2.75, 3.05) is 11.9 Å². The molecule has 0 fully saturated rings. The number of nitrogens with zero attached hydrogens (tertiary/aromatic N) is 4. The molecule has 164 valence electrons. The van der Waals surface area contributed by atoms with E-state index in [4.69, 9.17) is 21.6 Å². The molecule has 0 radical (unpaired) electrons. The first-order valence-corrected chi connectivity index (χ1v) is 10.6. The van der Waals surface area contributed by atoms with E-state index in [2.05, 4.69) is 15.4 Å². The van der Waals surface area contributed by atoms with E-state index in [9.17, 15) is 14.0 Å². The van der Waals surface area contributed by atoms with Gasteiger partial charge in [-0.2, -0.15) is 10.2 Å². The Morgan fingerprint density at radius 3 is 2.67 bits per heavy atom. The Hall–Kier alpha value is -4.07. The summed E-state index contributed by atoms with van der Waals surface area (Å²) in [7, 11) is 0. The SMILES string of the molecule is N#Cc1ccc(NC(=O)COC(=O)c2nc(-c3cccs3)n(-c3ccc(F)cc3)n2)cc1Cl. The van der Waals surface area contributed by atoms with Gasteiger partial charge >= 0.3 is 5.97 Å². The Kier molecular flexibility index (Phi) is 6.44. The zero-order valence-corrected chi connectivity index (χ0v) is 18.2. The quantitative estimate of drug-likeness (QED) is 0.407. The van der Waals surface area contributed by atoms with E-state index in [0.717, 1.165) is 4.88 Å². The maximum atomic E-state index is 13.3. The Balaban J connectivity index is 1.48. The van der Waals surface area contributed by atoms with Crippen molar-refractivity contribution in [3.63, 3.8) is 0 Å². The van der Waals surface area contributed by atoms with E-state index in [-0.39, 0.29) is 16.4 Å². The number of hydrogen-bond acceptors (Lipinski definition) is 7. The molecule has 0 unspecified atom stereocenters. The average Bonchev–Trinajstić information content (AvgIpc) is 3.48. The summed E-state index contributed by atoms with van der Waals surface area (Å²) in [6.45, 7) is -0.587. The summed E-state index contributed by atoms with van der Waals surface area (Å²) in [4.78, 5) is 29.7. The van der Waals surface area contributed by atoms with Gasteiger partial charge in [-0.15, -0.1) is 16.4 Å². The zero-order valence-electron chi connectivity index (χ0n) is 16.7. The number of nitriles is 1. The van der Waals surface area contributed by atoms with Crippen LogP contribution in [0, 0.1) is 17.1 Å². The standard InChI is InChI=1S/C22H13ClFN5O3S/c23-17-10-15(6-3-13(17)11-25)26-19(30)12-32-22(31)20-27-21(18-2-1-9-33-18)29(28-20)16-7-4-14(24)5-8-16/h1-10H,12H2,(H,26,30). The largest absolute Gasteiger partial charge is 0.450 e. The van der Waals surface area contributed by atoms with Crippen LogP contribution in [0.25, 0.3) is 16.4 Å². The second kappa shape index (κ2) is 9.60. The summed E-state index contributed by atoms with van der Waals surface area (Å²) in [5.74, 6) is -1.80. The zero-order chi connectivity index (χ0) is 23.4. The number of hydrogen-bond donors (Lipinski definition) is 1. The summed E-state index contributed by atoms with van der Waals surface area (Å²) in [6.07, 6.45) is 0. The van der Waals surface area contributed by atoms with E-state index in [1.165, 1.54) is 58.5 Å². The van der Waals surface area contributed by atoms with Crippen LogP contribution in [0.1, 0.15) is 16.2 Å². The van der Waals surface area contributed by atoms with Crippen molar-refractivity contribution in [2.45, 2.75) is 0 Å². The number of esters is 1. The molecule has 1 N–H and O–H groups in total. The van der Waals surface area contributed by atoms with Crippen molar-refractivity contribution in [1.29, 1.82) is 5.26 Å². The molecular formula is C22H13ClFN5O3S. The molecule has 0 saturated heterocycles. The number of benzene rings is 2. The smallest absolute Gasteiger partial charge is 0.378 e. The summed E-state index contributed by atoms with van der Waals surface area (Å²) in [5.41, 5.74) is 1.12. The molecular weight excluding hydrogens is 469 g/mol. The highest BCUT2D eigenvalue weighted by atomic mass is 35.5. The Morgan fingerprint density at radius 2 is 2.00 bits per heavy atom. The fourth-order valence-electron chi connectivity index (χ4n) is 2.80. The van der Waals surface area contributed by atoms with Gasteiger partial charge in [0.2, 0.25) is 0 Å². The summed E-state index contributed by atoms with van der Waals surface area (Å²) in [5, 5.41) is 17.6. The van der Waals surface area contributed by atoms with Crippen LogP contribution >= 0.6 is 22.9 Å². The minimum absolute atomic E-state index is 0.184. The number of nitrogens with one attached hydrogen (secondary N) is 1. The van der Waals surface area contributed by atoms with Crippen LogP contribution in [-0.4, -0.2) is 33.2 Å². The molecule has 0 atom stereocenters. The summed E-state index contributed by atoms with van der Waals surface area (Å²) < 4.78 is 19.8. The number of amides is 1. The number of rotatable bonds is 6. The minimum atomic E-state index is -0.901. The van der Waals surface area contributed by atoms with Crippen molar-refractivity contribution in [1.82, 2.24) is 14.8 Å². The topological polar surface area (TPSA) is 110 Å². The van der Waals surface area contributed by atoms with E-state index in [0.29, 0.717) is 17.2 Å². The average molecular weight is 482 g/mol. The normalized spacial score (nSPS) is 10.5. The molecule has 8 nitrogen and oxygen atoms in total. The number of carbonyl (C=O) groups is 2. The van der Waals surface area contributed by atoms with Gasteiger partial charge in [0.05, 0.1) is 21.2 Å². The molecule has 2 aromatic carbocycles. The van der Waals surface area contributed by atoms with E-state index in [1.54, 1.807) is 6.07 Å². The Labute approximate surface area is 195 Å². The molecule has 1 amide bonds. The monoisotopic (exact) mass is 481 g/mol. The first kappa shape index (κ1) is 22.1. The summed E-state index contributed by atoms with van der Waals surface area (Å²) in [6, 6.07) is 15.5. The van der Waals surface area contributed by atoms with Gasteiger partial charge in [0, 0.05) is 5.69 Å². The van der Waals surface area contributed by atoms with E-state index in [1.807, 2.05) is 17.5 Å². The highest BCUT2D eigenvalue weighted by molar-refractivity contribution is 7.13. The first-order valence-electron chi connectivity index (χ1n) is 9.38. The lowest BCUT2D eigenvalue weighted by atomic mass is 10.2. The number of ether oxygens (including phenoxy) is 1. The van der Waals surface area contributed by atoms with Crippen LogP contribution in [0.5, 0.6) is 0 Å². The van der Waals surface area contributed by atoms with Gasteiger partial charge in [-0.05, 0) is 53.9 Å². The molecule has 0 aliphatic heterocycles. The van der Waals surface area contributed by atoms with Gasteiger partial charge in [0.25, 0.3) is 11.7 Å². The van der Waals surface area contributed by atoms with Gasteiger partial charge in [-0.1, -0.05) is 17.7 Å². The van der Waals surface area contributed by atoms with Crippen LogP contribution in [0.4, 0.5) is 10.1 Å². The number of thiophene rings is 1. The summed E-state index contributed by atoms with van der Waals surface area (Å²) >= 11 is 7.33. The second-order valence-corrected chi connectivity index (χ2v) is 7.91. The highest BCUT2D eigenvalue weighted by Crippen LogP contribution is 2.26. The van der Waals surface area contributed by atoms with Gasteiger partial charge in [-0.3, -0.25) is 4.79 Å². The minimum Gasteiger partial charge on any atom is -0.450 e. The van der Waals surface area contributed by atoms with E-state index >= 15 is 0 Å². The van der Waals surface area contributed by atoms with Crippen LogP contribution in [0.3, 0.4) is 0 Å². The van der Waals surface area contributed by atoms with Gasteiger partial charge < -0.3 is 10.1 Å². The fourth-order valence-corrected chi connectivity index (χ4v) is 3.72. The van der Waals surface area contributed by atoms with Crippen molar-refractivity contribution in [3.05, 3.63) is 82.2 Å². The lowest BCUT2D eigenvalue weighted by Gasteiger charge is -2.06. The molecule has 0 aliphatic carbocycles. The highest BCUT2D eigenvalue weighted by Gasteiger charge is 2.21. The van der Waals surface area contributed by atoms with Crippen molar-refractivity contribution < 1.29 is 18.7 Å². The molecule has 0 bridgehead atoms. The van der Waals surface area contributed by atoms with Gasteiger partial charge in [-0.25, -0.2) is 13.9 Å². The Bertz CT molecular complexity index is 1360. The van der Waals surface area contributed by atoms with Crippen LogP contribution in [-0.2, 0) is 9.53 Å². The van der Waals surface area contributed by atoms with Gasteiger partial charge in [0.1, 0.15) is 11.9 Å². The third-order valence-corrected chi connectivity index (χ3v) is 5.49. The van der Waals surface area contributed by atoms with Crippen LogP contribution in [0.2, 0.25) is 5.02 Å². The Morgan fingerprint density at radius 1 is 1.21 bits per heavy atom. The number of carbonyl (C=O) groups excluding carboxylic acids is 2. The lowest BCUT2D eigenvalue weighted by Crippen LogP contribution is -2.21. The molecule has 2 aromatic heterocycles. The maximum absolute atomic E-state index is 13.3. The molecule has 0 saturated carbocycles. The van der Waals surface area contributed by atoms with Crippen molar-refractivity contribution >= 4 is 40.5 Å². The number of halogens is 2. The van der Waals surface area contributed by atoms with Gasteiger partial charge in [0.15, 0.2) is 12.4 Å². The van der Waals surface area contributed by atoms with Crippen molar-refractivity contribution in [3.8, 4) is 22.5 Å².